The summed E-state index contributed by atoms with van der Waals surface area (Å²) in [5.41, 5.74) is 1.89. The lowest BCUT2D eigenvalue weighted by molar-refractivity contribution is -0.136. The standard InChI is InChI=1S/C26H27ClFN3O4/c27-20-6-4-19(22(28)14-20)16-35-24-3-1-2-23(30-24)17-10-12-31(13-11-17)15-18-5-7-21(29-26(18)34)8-9-25(32)33/h1-7,14,17-18H,8-13,15-16H2,(H,32,33). The molecule has 0 spiro atoms. The molecule has 1 amide bonds. The molecule has 3 heterocycles. The number of aromatic nitrogens is 1. The molecule has 1 unspecified atom stereocenters. The van der Waals surface area contributed by atoms with Crippen LogP contribution in [0.4, 0.5) is 4.39 Å². The van der Waals surface area contributed by atoms with E-state index in [2.05, 4.69) is 14.9 Å². The zero-order valence-corrected chi connectivity index (χ0v) is 20.0. The molecule has 7 nitrogen and oxygen atoms in total. The van der Waals surface area contributed by atoms with Gasteiger partial charge < -0.3 is 14.7 Å². The highest BCUT2D eigenvalue weighted by Crippen LogP contribution is 2.29. The normalized spacial score (nSPS) is 19.0. The average molecular weight is 500 g/mol. The Balaban J connectivity index is 1.26. The summed E-state index contributed by atoms with van der Waals surface area (Å²) in [7, 11) is 0. The molecule has 184 valence electrons. The Morgan fingerprint density at radius 1 is 1.23 bits per heavy atom. The number of aliphatic carboxylic acids is 1. The summed E-state index contributed by atoms with van der Waals surface area (Å²) in [6.07, 6.45) is 5.64. The molecule has 2 aliphatic rings. The number of dihydropyridines is 1. The highest BCUT2D eigenvalue weighted by atomic mass is 35.5. The van der Waals surface area contributed by atoms with Crippen molar-refractivity contribution >= 4 is 29.2 Å². The molecule has 9 heteroatoms. The number of rotatable bonds is 9. The van der Waals surface area contributed by atoms with Gasteiger partial charge in [-0.1, -0.05) is 29.8 Å². The molecule has 1 aromatic carbocycles. The van der Waals surface area contributed by atoms with Gasteiger partial charge in [-0.05, 0) is 50.2 Å². The number of benzene rings is 1. The fourth-order valence-electron chi connectivity index (χ4n) is 4.30. The van der Waals surface area contributed by atoms with E-state index in [1.54, 1.807) is 24.3 Å². The predicted molar refractivity (Wildman–Crippen MR) is 130 cm³/mol. The molecule has 0 saturated carbocycles. The van der Waals surface area contributed by atoms with E-state index < -0.39 is 11.8 Å². The van der Waals surface area contributed by atoms with E-state index in [1.807, 2.05) is 18.2 Å². The molecule has 2 aliphatic heterocycles. The van der Waals surface area contributed by atoms with Crippen molar-refractivity contribution in [3.8, 4) is 5.88 Å². The van der Waals surface area contributed by atoms with Crippen LogP contribution in [0.2, 0.25) is 5.02 Å². The van der Waals surface area contributed by atoms with Gasteiger partial charge in [0.15, 0.2) is 0 Å². The first-order valence-electron chi connectivity index (χ1n) is 11.6. The van der Waals surface area contributed by atoms with Gasteiger partial charge in [0.25, 0.3) is 5.91 Å². The predicted octanol–water partition coefficient (Wildman–Crippen LogP) is 4.65. The Morgan fingerprint density at radius 3 is 2.74 bits per heavy atom. The molecule has 2 aromatic rings. The molecule has 1 saturated heterocycles. The number of aliphatic imine (C=N–C) groups is 1. The summed E-state index contributed by atoms with van der Waals surface area (Å²) in [4.78, 5) is 34.1. The summed E-state index contributed by atoms with van der Waals surface area (Å²) < 4.78 is 19.7. The fourth-order valence-corrected chi connectivity index (χ4v) is 4.46. The topological polar surface area (TPSA) is 92.1 Å². The zero-order chi connectivity index (χ0) is 24.8. The van der Waals surface area contributed by atoms with Gasteiger partial charge in [-0.25, -0.2) is 14.4 Å². The van der Waals surface area contributed by atoms with Gasteiger partial charge in [-0.2, -0.15) is 0 Å². The van der Waals surface area contributed by atoms with Crippen molar-refractivity contribution in [1.29, 1.82) is 0 Å². The number of carbonyl (C=O) groups excluding carboxylic acids is 1. The van der Waals surface area contributed by atoms with Crippen LogP contribution in [-0.2, 0) is 16.2 Å². The number of likely N-dealkylation sites (tertiary alicyclic amines) is 1. The molecule has 1 atom stereocenters. The first-order valence-corrected chi connectivity index (χ1v) is 12.0. The van der Waals surface area contributed by atoms with Crippen LogP contribution in [0.1, 0.15) is 42.9 Å². The lowest BCUT2D eigenvalue weighted by Crippen LogP contribution is -2.38. The maximum atomic E-state index is 14.0. The number of piperidine rings is 1. The number of amides is 1. The van der Waals surface area contributed by atoms with Gasteiger partial charge in [-0.3, -0.25) is 9.59 Å². The second-order valence-corrected chi connectivity index (χ2v) is 9.24. The Kier molecular flexibility index (Phi) is 8.25. The van der Waals surface area contributed by atoms with E-state index >= 15 is 0 Å². The first kappa shape index (κ1) is 25.0. The third kappa shape index (κ3) is 6.96. The number of nitrogens with zero attached hydrogens (tertiary/aromatic N) is 3. The van der Waals surface area contributed by atoms with E-state index in [4.69, 9.17) is 21.4 Å². The summed E-state index contributed by atoms with van der Waals surface area (Å²) in [5.74, 6) is -1.09. The molecule has 1 aromatic heterocycles. The maximum absolute atomic E-state index is 14.0. The van der Waals surface area contributed by atoms with Crippen LogP contribution in [0.5, 0.6) is 5.88 Å². The van der Waals surface area contributed by atoms with Crippen LogP contribution in [0.25, 0.3) is 0 Å². The molecular weight excluding hydrogens is 473 g/mol. The average Bonchev–Trinajstić information content (AvgIpc) is 2.84. The Bertz CT molecular complexity index is 1150. The molecule has 1 fully saturated rings. The van der Waals surface area contributed by atoms with Crippen LogP contribution >= 0.6 is 11.6 Å². The third-order valence-electron chi connectivity index (χ3n) is 6.28. The summed E-state index contributed by atoms with van der Waals surface area (Å²) in [6.45, 7) is 2.34. The molecule has 4 rings (SSSR count). The van der Waals surface area contributed by atoms with Crippen molar-refractivity contribution < 1.29 is 23.8 Å². The Labute approximate surface area is 208 Å². The molecule has 0 bridgehead atoms. The minimum Gasteiger partial charge on any atom is -0.481 e. The first-order chi connectivity index (χ1) is 16.9. The maximum Gasteiger partial charge on any atom is 0.303 e. The van der Waals surface area contributed by atoms with Crippen molar-refractivity contribution in [2.75, 3.05) is 19.6 Å². The van der Waals surface area contributed by atoms with E-state index in [9.17, 15) is 14.0 Å². The van der Waals surface area contributed by atoms with E-state index in [-0.39, 0.29) is 37.2 Å². The largest absolute Gasteiger partial charge is 0.481 e. The number of hydrogen-bond acceptors (Lipinski definition) is 5. The van der Waals surface area contributed by atoms with Crippen LogP contribution in [-0.4, -0.2) is 52.2 Å². The van der Waals surface area contributed by atoms with Gasteiger partial charge >= 0.3 is 5.97 Å². The van der Waals surface area contributed by atoms with Crippen LogP contribution in [0, 0.1) is 11.7 Å². The monoisotopic (exact) mass is 499 g/mol. The van der Waals surface area contributed by atoms with Gasteiger partial charge in [0, 0.05) is 46.9 Å². The van der Waals surface area contributed by atoms with Gasteiger partial charge in [0.2, 0.25) is 5.88 Å². The molecule has 0 aliphatic carbocycles. The quantitative estimate of drug-likeness (QED) is 0.540. The molecular formula is C26H27ClFN3O4. The van der Waals surface area contributed by atoms with Gasteiger partial charge in [-0.15, -0.1) is 0 Å². The zero-order valence-electron chi connectivity index (χ0n) is 19.2. The van der Waals surface area contributed by atoms with E-state index in [0.717, 1.165) is 31.6 Å². The van der Waals surface area contributed by atoms with Crippen molar-refractivity contribution in [3.05, 3.63) is 70.6 Å². The summed E-state index contributed by atoms with van der Waals surface area (Å²) in [5, 5.41) is 9.13. The second kappa shape index (κ2) is 11.6. The van der Waals surface area contributed by atoms with Crippen LogP contribution in [0.15, 0.2) is 53.5 Å². The summed E-state index contributed by atoms with van der Waals surface area (Å²) in [6, 6.07) is 10.1. The molecule has 1 N–H and O–H groups in total. The minimum absolute atomic E-state index is 0.0348. The summed E-state index contributed by atoms with van der Waals surface area (Å²) >= 11 is 5.80. The molecule has 35 heavy (non-hydrogen) atoms. The third-order valence-corrected chi connectivity index (χ3v) is 6.52. The number of ether oxygens (including phenoxy) is 1. The fraction of sp³-hybridized carbons (Fsp3) is 0.385. The van der Waals surface area contributed by atoms with Crippen molar-refractivity contribution in [3.63, 3.8) is 0 Å². The smallest absolute Gasteiger partial charge is 0.303 e. The SMILES string of the molecule is O=C(O)CCC1=NC(=O)C(CN2CCC(c3cccc(OCc4ccc(Cl)cc4F)n3)CC2)C=C1. The number of carboxylic acids is 1. The number of carboxylic acid groups (broad SMARTS) is 1. The number of hydrogen-bond donors (Lipinski definition) is 1. The second-order valence-electron chi connectivity index (χ2n) is 8.80. The van der Waals surface area contributed by atoms with Gasteiger partial charge in [0.1, 0.15) is 12.4 Å². The van der Waals surface area contributed by atoms with Crippen molar-refractivity contribution in [1.82, 2.24) is 9.88 Å². The van der Waals surface area contributed by atoms with Crippen LogP contribution < -0.4 is 4.74 Å². The Hall–Kier alpha value is -3.10. The number of pyridine rings is 1. The Morgan fingerprint density at radius 2 is 2.03 bits per heavy atom. The van der Waals surface area contributed by atoms with E-state index in [0.29, 0.717) is 28.7 Å². The van der Waals surface area contributed by atoms with Crippen LogP contribution in [0.3, 0.4) is 0 Å². The minimum atomic E-state index is -0.902. The number of allylic oxidation sites excluding steroid dienone is 1. The highest BCUT2D eigenvalue weighted by molar-refractivity contribution is 6.30. The number of carbonyl (C=O) groups is 2. The molecule has 0 radical (unpaired) electrons. The highest BCUT2D eigenvalue weighted by Gasteiger charge is 2.27. The van der Waals surface area contributed by atoms with Gasteiger partial charge in [0.05, 0.1) is 12.3 Å². The lowest BCUT2D eigenvalue weighted by atomic mass is 9.92. The van der Waals surface area contributed by atoms with E-state index in [1.165, 1.54) is 6.07 Å². The number of halogens is 2. The van der Waals surface area contributed by atoms with Crippen molar-refractivity contribution in [2.45, 2.75) is 38.2 Å². The lowest BCUT2D eigenvalue weighted by Gasteiger charge is -2.33. The van der Waals surface area contributed by atoms with Crippen molar-refractivity contribution in [2.24, 2.45) is 10.9 Å².